The van der Waals surface area contributed by atoms with Crippen LogP contribution in [-0.2, 0) is 14.8 Å². The molecule has 0 bridgehead atoms. The van der Waals surface area contributed by atoms with Gasteiger partial charge < -0.3 is 14.4 Å². The second-order valence-corrected chi connectivity index (χ2v) is 9.73. The Bertz CT molecular complexity index is 1450. The number of methoxy groups -OCH3 is 1. The molecule has 0 aliphatic carbocycles. The van der Waals surface area contributed by atoms with Crippen LogP contribution in [0.5, 0.6) is 5.75 Å². The lowest BCUT2D eigenvalue weighted by molar-refractivity contribution is 0.122. The monoisotopic (exact) mass is 479 g/mol. The van der Waals surface area contributed by atoms with Crippen LogP contribution in [0.2, 0.25) is 0 Å². The van der Waals surface area contributed by atoms with Crippen molar-refractivity contribution in [3.8, 4) is 16.9 Å². The predicted octanol–water partition coefficient (Wildman–Crippen LogP) is 3.58. The molecule has 2 aromatic carbocycles. The maximum absolute atomic E-state index is 13.2. The fourth-order valence-electron chi connectivity index (χ4n) is 4.02. The van der Waals surface area contributed by atoms with Crippen molar-refractivity contribution in [3.63, 3.8) is 0 Å². The summed E-state index contributed by atoms with van der Waals surface area (Å²) < 4.78 is 40.0. The first kappa shape index (κ1) is 22.2. The van der Waals surface area contributed by atoms with Gasteiger partial charge in [0, 0.05) is 30.4 Å². The molecule has 0 radical (unpaired) electrons. The summed E-state index contributed by atoms with van der Waals surface area (Å²) in [7, 11) is -2.26. The fraction of sp³-hybridized carbons (Fsp3) is 0.250. The highest BCUT2D eigenvalue weighted by atomic mass is 32.2. The normalized spacial score (nSPS) is 14.4. The van der Waals surface area contributed by atoms with E-state index >= 15 is 0 Å². The topological polar surface area (TPSA) is 109 Å². The van der Waals surface area contributed by atoms with Gasteiger partial charge in [0.05, 0.1) is 36.3 Å². The van der Waals surface area contributed by atoms with Gasteiger partial charge in [-0.2, -0.15) is 5.10 Å². The quantitative estimate of drug-likeness (QED) is 0.435. The average molecular weight is 480 g/mol. The lowest BCUT2D eigenvalue weighted by Crippen LogP contribution is -2.36. The van der Waals surface area contributed by atoms with E-state index in [1.165, 1.54) is 6.07 Å². The first-order chi connectivity index (χ1) is 16.5. The van der Waals surface area contributed by atoms with Gasteiger partial charge in [0.1, 0.15) is 5.75 Å². The molecule has 4 aromatic rings. The molecule has 3 heterocycles. The van der Waals surface area contributed by atoms with E-state index < -0.39 is 10.0 Å². The van der Waals surface area contributed by atoms with Crippen LogP contribution in [-0.4, -0.2) is 57.0 Å². The van der Waals surface area contributed by atoms with Crippen molar-refractivity contribution < 1.29 is 17.9 Å². The molecule has 0 saturated carbocycles. The Hall–Kier alpha value is -3.63. The number of aryl methyl sites for hydroxylation is 1. The van der Waals surface area contributed by atoms with Crippen molar-refractivity contribution in [2.75, 3.05) is 43.0 Å². The number of H-pyrrole nitrogens is 1. The van der Waals surface area contributed by atoms with E-state index in [1.807, 2.05) is 25.1 Å². The standard InChI is InChI=1S/C24H25N5O4S/c1-16-5-3-4-6-21(16)28-34(30,31)18-7-8-22(32-2)19(14-18)17-13-20-23(25-15-17)26-27-24(20)29-9-11-33-12-10-29/h3-8,13-15,28H,9-12H2,1-2H3,(H,25,26,27). The number of benzene rings is 2. The molecular weight excluding hydrogens is 454 g/mol. The first-order valence-electron chi connectivity index (χ1n) is 10.9. The zero-order chi connectivity index (χ0) is 23.7. The van der Waals surface area contributed by atoms with Crippen LogP contribution in [0.15, 0.2) is 59.6 Å². The molecule has 0 atom stereocenters. The maximum atomic E-state index is 13.2. The summed E-state index contributed by atoms with van der Waals surface area (Å²) in [5.74, 6) is 1.35. The van der Waals surface area contributed by atoms with Gasteiger partial charge in [-0.05, 0) is 42.8 Å². The zero-order valence-electron chi connectivity index (χ0n) is 18.9. The van der Waals surface area contributed by atoms with Crippen molar-refractivity contribution in [1.82, 2.24) is 15.2 Å². The number of nitrogens with one attached hydrogen (secondary N) is 2. The number of morpholine rings is 1. The van der Waals surface area contributed by atoms with E-state index in [1.54, 1.807) is 37.6 Å². The number of ether oxygens (including phenoxy) is 2. The third-order valence-electron chi connectivity index (χ3n) is 5.89. The minimum atomic E-state index is -3.81. The van der Waals surface area contributed by atoms with Crippen LogP contribution in [0.4, 0.5) is 11.5 Å². The number of rotatable bonds is 6. The summed E-state index contributed by atoms with van der Waals surface area (Å²) in [5.41, 5.74) is 3.39. The largest absolute Gasteiger partial charge is 0.496 e. The van der Waals surface area contributed by atoms with Crippen LogP contribution in [0, 0.1) is 6.92 Å². The summed E-state index contributed by atoms with van der Waals surface area (Å²) in [6, 6.07) is 14.0. The van der Waals surface area contributed by atoms with E-state index in [2.05, 4.69) is 24.8 Å². The highest BCUT2D eigenvalue weighted by molar-refractivity contribution is 7.92. The molecule has 5 rings (SSSR count). The van der Waals surface area contributed by atoms with Crippen LogP contribution in [0.25, 0.3) is 22.2 Å². The Labute approximate surface area is 197 Å². The molecule has 2 N–H and O–H groups in total. The van der Waals surface area contributed by atoms with Crippen LogP contribution in [0.3, 0.4) is 0 Å². The highest BCUT2D eigenvalue weighted by Crippen LogP contribution is 2.35. The minimum absolute atomic E-state index is 0.132. The van der Waals surface area contributed by atoms with Gasteiger partial charge in [-0.25, -0.2) is 13.4 Å². The second-order valence-electron chi connectivity index (χ2n) is 8.05. The predicted molar refractivity (Wildman–Crippen MR) is 131 cm³/mol. The Morgan fingerprint density at radius 3 is 2.68 bits per heavy atom. The summed E-state index contributed by atoms with van der Waals surface area (Å²) in [4.78, 5) is 6.81. The van der Waals surface area contributed by atoms with Crippen molar-refractivity contribution >= 4 is 32.6 Å². The molecule has 1 aliphatic rings. The third-order valence-corrected chi connectivity index (χ3v) is 7.25. The van der Waals surface area contributed by atoms with Gasteiger partial charge in [-0.3, -0.25) is 9.82 Å². The number of hydrogen-bond acceptors (Lipinski definition) is 7. The number of aromatic amines is 1. The van der Waals surface area contributed by atoms with Crippen LogP contribution in [0.1, 0.15) is 5.56 Å². The van der Waals surface area contributed by atoms with E-state index in [0.29, 0.717) is 35.9 Å². The van der Waals surface area contributed by atoms with Gasteiger partial charge in [0.15, 0.2) is 11.5 Å². The van der Waals surface area contributed by atoms with Crippen molar-refractivity contribution in [2.45, 2.75) is 11.8 Å². The molecule has 1 fully saturated rings. The Morgan fingerprint density at radius 2 is 1.91 bits per heavy atom. The number of sulfonamides is 1. The van der Waals surface area contributed by atoms with E-state index in [-0.39, 0.29) is 4.90 Å². The Balaban J connectivity index is 1.56. The average Bonchev–Trinajstić information content (AvgIpc) is 3.29. The van der Waals surface area contributed by atoms with Crippen LogP contribution >= 0.6 is 0 Å². The number of hydrogen-bond donors (Lipinski definition) is 2. The molecule has 1 saturated heterocycles. The summed E-state index contributed by atoms with van der Waals surface area (Å²) in [6.45, 7) is 4.62. The number of aromatic nitrogens is 3. The highest BCUT2D eigenvalue weighted by Gasteiger charge is 2.21. The van der Waals surface area contributed by atoms with Crippen molar-refractivity contribution in [2.24, 2.45) is 0 Å². The van der Waals surface area contributed by atoms with Gasteiger partial charge >= 0.3 is 0 Å². The number of para-hydroxylation sites is 1. The number of fused-ring (bicyclic) bond motifs is 1. The van der Waals surface area contributed by atoms with Gasteiger partial charge in [-0.1, -0.05) is 18.2 Å². The summed E-state index contributed by atoms with van der Waals surface area (Å²) in [5, 5.41) is 8.29. The SMILES string of the molecule is COc1ccc(S(=O)(=O)Nc2ccccc2C)cc1-c1cnc2[nH]nc(N3CCOCC3)c2c1. The minimum Gasteiger partial charge on any atom is -0.496 e. The lowest BCUT2D eigenvalue weighted by Gasteiger charge is -2.26. The molecule has 1 aliphatic heterocycles. The third kappa shape index (κ3) is 4.17. The lowest BCUT2D eigenvalue weighted by atomic mass is 10.1. The van der Waals surface area contributed by atoms with Crippen molar-refractivity contribution in [3.05, 3.63) is 60.3 Å². The smallest absolute Gasteiger partial charge is 0.261 e. The molecule has 2 aromatic heterocycles. The van der Waals surface area contributed by atoms with Gasteiger partial charge in [0.25, 0.3) is 10.0 Å². The molecule has 10 heteroatoms. The first-order valence-corrected chi connectivity index (χ1v) is 12.4. The Kier molecular flexibility index (Phi) is 5.84. The van der Waals surface area contributed by atoms with E-state index in [0.717, 1.165) is 35.4 Å². The molecule has 0 spiro atoms. The number of nitrogens with zero attached hydrogens (tertiary/aromatic N) is 3. The summed E-state index contributed by atoms with van der Waals surface area (Å²) >= 11 is 0. The Morgan fingerprint density at radius 1 is 1.12 bits per heavy atom. The summed E-state index contributed by atoms with van der Waals surface area (Å²) in [6.07, 6.45) is 1.69. The molecule has 9 nitrogen and oxygen atoms in total. The maximum Gasteiger partial charge on any atom is 0.261 e. The van der Waals surface area contributed by atoms with Crippen LogP contribution < -0.4 is 14.4 Å². The fourth-order valence-corrected chi connectivity index (χ4v) is 5.18. The second kappa shape index (κ2) is 8.96. The zero-order valence-corrected chi connectivity index (χ0v) is 19.7. The molecule has 34 heavy (non-hydrogen) atoms. The number of anilines is 2. The number of pyridine rings is 1. The molecular formula is C24H25N5O4S. The van der Waals surface area contributed by atoms with E-state index in [4.69, 9.17) is 9.47 Å². The van der Waals surface area contributed by atoms with Gasteiger partial charge in [0.2, 0.25) is 0 Å². The molecule has 0 amide bonds. The molecule has 176 valence electrons. The van der Waals surface area contributed by atoms with E-state index in [9.17, 15) is 8.42 Å². The van der Waals surface area contributed by atoms with Gasteiger partial charge in [-0.15, -0.1) is 0 Å². The molecule has 0 unspecified atom stereocenters. The van der Waals surface area contributed by atoms with Crippen molar-refractivity contribution in [1.29, 1.82) is 0 Å².